The van der Waals surface area contributed by atoms with Crippen LogP contribution in [0.1, 0.15) is 27.3 Å². The molecule has 0 bridgehead atoms. The number of ether oxygens (including phenoxy) is 5. The summed E-state index contributed by atoms with van der Waals surface area (Å²) < 4.78 is 27.1. The third kappa shape index (κ3) is 6.44. The molecule has 0 fully saturated rings. The molecule has 202 valence electrons. The second kappa shape index (κ2) is 12.7. The molecule has 11 nitrogen and oxygen atoms in total. The van der Waals surface area contributed by atoms with Gasteiger partial charge in [0.2, 0.25) is 5.75 Å². The van der Waals surface area contributed by atoms with E-state index in [1.165, 1.54) is 27.5 Å². The van der Waals surface area contributed by atoms with Gasteiger partial charge in [-0.15, -0.1) is 0 Å². The Morgan fingerprint density at radius 3 is 2.21 bits per heavy atom. The number of carbonyl (C=O) groups is 1. The molecule has 0 saturated carbocycles. The molecule has 1 N–H and O–H groups in total. The van der Waals surface area contributed by atoms with Gasteiger partial charge < -0.3 is 29.0 Å². The van der Waals surface area contributed by atoms with Gasteiger partial charge in [0.15, 0.2) is 29.7 Å². The van der Waals surface area contributed by atoms with Crippen molar-refractivity contribution in [3.05, 3.63) is 82.5 Å². The first-order valence-corrected chi connectivity index (χ1v) is 12.0. The average molecular weight is 552 g/mol. The summed E-state index contributed by atoms with van der Waals surface area (Å²) in [7, 11) is 5.99. The first-order chi connectivity index (χ1) is 19.0. The summed E-state index contributed by atoms with van der Waals surface area (Å²) in [6, 6.07) is 10.2. The molecule has 12 heteroatoms. The Morgan fingerprint density at radius 1 is 0.897 bits per heavy atom. The van der Waals surface area contributed by atoms with Gasteiger partial charge in [-0.25, -0.2) is 15.0 Å². The van der Waals surface area contributed by atoms with Crippen molar-refractivity contribution in [3.63, 3.8) is 0 Å². The van der Waals surface area contributed by atoms with Crippen molar-refractivity contribution >= 4 is 23.2 Å². The number of aromatic nitrogens is 4. The highest BCUT2D eigenvalue weighted by Gasteiger charge is 2.22. The van der Waals surface area contributed by atoms with Gasteiger partial charge in [0.25, 0.3) is 0 Å². The molecule has 0 aliphatic rings. The normalized spacial score (nSPS) is 10.5. The SMILES string of the molecule is COc1ccc(CNc2nc(OCc3ncccn3)ncc2C(=O)c2cc(OC)c(OC)c(OC)c2)cc1Cl. The van der Waals surface area contributed by atoms with Crippen LogP contribution >= 0.6 is 11.6 Å². The first-order valence-electron chi connectivity index (χ1n) is 11.6. The van der Waals surface area contributed by atoms with Crippen LogP contribution in [0.3, 0.4) is 0 Å². The Kier molecular flexibility index (Phi) is 8.95. The Labute approximate surface area is 230 Å². The van der Waals surface area contributed by atoms with Crippen LogP contribution in [0.4, 0.5) is 5.82 Å². The molecule has 0 spiro atoms. The summed E-state index contributed by atoms with van der Waals surface area (Å²) in [5, 5.41) is 3.65. The molecule has 0 aliphatic heterocycles. The minimum Gasteiger partial charge on any atom is -0.495 e. The van der Waals surface area contributed by atoms with E-state index < -0.39 is 0 Å². The van der Waals surface area contributed by atoms with E-state index in [9.17, 15) is 4.79 Å². The highest BCUT2D eigenvalue weighted by Crippen LogP contribution is 2.39. The summed E-state index contributed by atoms with van der Waals surface area (Å²) in [6.07, 6.45) is 4.61. The van der Waals surface area contributed by atoms with Crippen molar-refractivity contribution in [2.45, 2.75) is 13.2 Å². The minimum absolute atomic E-state index is 0.0409. The molecule has 2 aromatic heterocycles. The second-order valence-corrected chi connectivity index (χ2v) is 8.34. The van der Waals surface area contributed by atoms with Gasteiger partial charge in [-0.3, -0.25) is 4.79 Å². The maximum atomic E-state index is 13.7. The monoisotopic (exact) mass is 551 g/mol. The van der Waals surface area contributed by atoms with Crippen molar-refractivity contribution in [2.24, 2.45) is 0 Å². The molecule has 0 radical (unpaired) electrons. The molecule has 0 aliphatic carbocycles. The number of nitrogens with zero attached hydrogens (tertiary/aromatic N) is 4. The standard InChI is InChI=1S/C27H26ClN5O6/c1-35-20-7-6-16(10-19(20)28)13-31-26-18(14-32-27(33-26)39-15-23-29-8-5-9-30-23)24(34)17-11-21(36-2)25(38-4)22(12-17)37-3/h5-12,14H,13,15H2,1-4H3,(H,31,32,33). The average Bonchev–Trinajstić information content (AvgIpc) is 2.98. The van der Waals surface area contributed by atoms with Crippen LogP contribution in [0, 0.1) is 0 Å². The lowest BCUT2D eigenvalue weighted by molar-refractivity contribution is 0.103. The predicted octanol–water partition coefficient (Wildman–Crippen LogP) is 4.38. The molecule has 2 aromatic carbocycles. The van der Waals surface area contributed by atoms with Crippen LogP contribution in [-0.4, -0.2) is 54.2 Å². The number of carbonyl (C=O) groups excluding carboxylic acids is 1. The highest BCUT2D eigenvalue weighted by atomic mass is 35.5. The molecule has 39 heavy (non-hydrogen) atoms. The number of anilines is 1. The fraction of sp³-hybridized carbons (Fsp3) is 0.222. The molecule has 0 unspecified atom stereocenters. The van der Waals surface area contributed by atoms with Crippen molar-refractivity contribution in [2.75, 3.05) is 33.8 Å². The third-order valence-electron chi connectivity index (χ3n) is 5.56. The van der Waals surface area contributed by atoms with Gasteiger partial charge >= 0.3 is 6.01 Å². The number of benzene rings is 2. The van der Waals surface area contributed by atoms with Crippen LogP contribution in [-0.2, 0) is 13.2 Å². The van der Waals surface area contributed by atoms with E-state index in [0.717, 1.165) is 5.56 Å². The molecule has 0 amide bonds. The third-order valence-corrected chi connectivity index (χ3v) is 5.86. The second-order valence-electron chi connectivity index (χ2n) is 7.93. The number of halogens is 1. The van der Waals surface area contributed by atoms with Crippen molar-refractivity contribution in [1.29, 1.82) is 0 Å². The van der Waals surface area contributed by atoms with Crippen LogP contribution in [0.15, 0.2) is 55.0 Å². The van der Waals surface area contributed by atoms with Gasteiger partial charge in [0.1, 0.15) is 11.6 Å². The lowest BCUT2D eigenvalue weighted by atomic mass is 10.0. The smallest absolute Gasteiger partial charge is 0.318 e. The number of hydrogen-bond donors (Lipinski definition) is 1. The Hall–Kier alpha value is -4.64. The molecule has 0 atom stereocenters. The van der Waals surface area contributed by atoms with E-state index in [2.05, 4.69) is 25.3 Å². The predicted molar refractivity (Wildman–Crippen MR) is 143 cm³/mol. The van der Waals surface area contributed by atoms with Gasteiger partial charge in [0.05, 0.1) is 39.0 Å². The van der Waals surface area contributed by atoms with Gasteiger partial charge in [-0.05, 0) is 35.9 Å². The zero-order valence-corrected chi connectivity index (χ0v) is 22.5. The maximum Gasteiger partial charge on any atom is 0.318 e. The molecular formula is C27H26ClN5O6. The van der Waals surface area contributed by atoms with E-state index in [1.54, 1.807) is 49.8 Å². The summed E-state index contributed by atoms with van der Waals surface area (Å²) in [6.45, 7) is 0.353. The molecular weight excluding hydrogens is 526 g/mol. The summed E-state index contributed by atoms with van der Waals surface area (Å²) >= 11 is 6.28. The van der Waals surface area contributed by atoms with E-state index in [4.69, 9.17) is 35.3 Å². The Balaban J connectivity index is 1.67. The summed E-state index contributed by atoms with van der Waals surface area (Å²) in [4.78, 5) is 30.6. The number of ketones is 1. The van der Waals surface area contributed by atoms with Gasteiger partial charge in [-0.2, -0.15) is 4.98 Å². The largest absolute Gasteiger partial charge is 0.495 e. The van der Waals surface area contributed by atoms with Gasteiger partial charge in [0, 0.05) is 30.7 Å². The fourth-order valence-corrected chi connectivity index (χ4v) is 3.92. The number of rotatable bonds is 12. The number of hydrogen-bond acceptors (Lipinski definition) is 11. The number of methoxy groups -OCH3 is 4. The maximum absolute atomic E-state index is 13.7. The van der Waals surface area contributed by atoms with Crippen LogP contribution in [0.25, 0.3) is 0 Å². The van der Waals surface area contributed by atoms with E-state index >= 15 is 0 Å². The number of nitrogens with one attached hydrogen (secondary N) is 1. The van der Waals surface area contributed by atoms with Crippen LogP contribution in [0.2, 0.25) is 5.02 Å². The van der Waals surface area contributed by atoms with Crippen molar-refractivity contribution in [3.8, 4) is 29.0 Å². The zero-order chi connectivity index (χ0) is 27.8. The van der Waals surface area contributed by atoms with E-state index in [-0.39, 0.29) is 35.3 Å². The minimum atomic E-state index is -0.373. The zero-order valence-electron chi connectivity index (χ0n) is 21.7. The lowest BCUT2D eigenvalue weighted by Gasteiger charge is -2.15. The lowest BCUT2D eigenvalue weighted by Crippen LogP contribution is -2.13. The molecule has 4 aromatic rings. The van der Waals surface area contributed by atoms with Crippen molar-refractivity contribution < 1.29 is 28.5 Å². The Bertz CT molecular complexity index is 1430. The fourth-order valence-electron chi connectivity index (χ4n) is 3.64. The van der Waals surface area contributed by atoms with Crippen molar-refractivity contribution in [1.82, 2.24) is 19.9 Å². The van der Waals surface area contributed by atoms with Crippen LogP contribution in [0.5, 0.6) is 29.0 Å². The summed E-state index contributed by atoms with van der Waals surface area (Å²) in [5.41, 5.74) is 1.33. The van der Waals surface area contributed by atoms with Gasteiger partial charge in [-0.1, -0.05) is 17.7 Å². The summed E-state index contributed by atoms with van der Waals surface area (Å²) in [5.74, 6) is 1.94. The highest BCUT2D eigenvalue weighted by molar-refractivity contribution is 6.32. The van der Waals surface area contributed by atoms with Crippen LogP contribution < -0.4 is 29.0 Å². The topological polar surface area (TPSA) is 127 Å². The molecule has 2 heterocycles. The first kappa shape index (κ1) is 27.4. The van der Waals surface area contributed by atoms with E-state index in [1.807, 2.05) is 6.07 Å². The quantitative estimate of drug-likeness (QED) is 0.252. The Morgan fingerprint density at radius 2 is 1.59 bits per heavy atom. The molecule has 4 rings (SSSR count). The van der Waals surface area contributed by atoms with E-state index in [0.29, 0.717) is 40.4 Å². The molecule has 0 saturated heterocycles.